The SMILES string of the molecule is O=C(COc1ccccc1[N+](=O)[O-])Nc1ccc(Nc2cc(-c3ccccc3)ncn2)cc1. The van der Waals surface area contributed by atoms with Crippen molar-refractivity contribution < 1.29 is 14.5 Å². The normalized spacial score (nSPS) is 10.3. The van der Waals surface area contributed by atoms with Crippen LogP contribution in [0.5, 0.6) is 5.75 Å². The molecule has 9 heteroatoms. The van der Waals surface area contributed by atoms with E-state index < -0.39 is 10.8 Å². The van der Waals surface area contributed by atoms with E-state index in [0.29, 0.717) is 11.5 Å². The van der Waals surface area contributed by atoms with Gasteiger partial charge < -0.3 is 15.4 Å². The first-order chi connectivity index (χ1) is 16.1. The van der Waals surface area contributed by atoms with E-state index in [0.717, 1.165) is 16.9 Å². The molecule has 1 heterocycles. The zero-order valence-electron chi connectivity index (χ0n) is 17.3. The second kappa shape index (κ2) is 10.0. The molecule has 3 aromatic carbocycles. The molecule has 9 nitrogen and oxygen atoms in total. The largest absolute Gasteiger partial charge is 0.477 e. The standard InChI is InChI=1S/C24H19N5O4/c30-24(15-33-22-9-5-4-8-21(22)29(31)32)28-19-12-10-18(11-13-19)27-23-14-20(25-16-26-23)17-6-2-1-3-7-17/h1-14,16H,15H2,(H,28,30)(H,25,26,27). The van der Waals surface area contributed by atoms with E-state index in [4.69, 9.17) is 4.74 Å². The molecule has 0 atom stereocenters. The van der Waals surface area contributed by atoms with Gasteiger partial charge in [0.25, 0.3) is 5.91 Å². The minimum Gasteiger partial charge on any atom is -0.477 e. The summed E-state index contributed by atoms with van der Waals surface area (Å²) in [7, 11) is 0. The maximum absolute atomic E-state index is 12.2. The number of rotatable bonds is 8. The number of hydrogen-bond donors (Lipinski definition) is 2. The Bertz CT molecular complexity index is 1260. The number of benzene rings is 3. The minimum absolute atomic E-state index is 0.0388. The van der Waals surface area contributed by atoms with E-state index in [9.17, 15) is 14.9 Å². The number of carbonyl (C=O) groups excluding carboxylic acids is 1. The lowest BCUT2D eigenvalue weighted by molar-refractivity contribution is -0.385. The second-order valence-corrected chi connectivity index (χ2v) is 6.92. The third kappa shape index (κ3) is 5.67. The van der Waals surface area contributed by atoms with Crippen LogP contribution in [0, 0.1) is 10.1 Å². The Morgan fingerprint density at radius 3 is 2.36 bits per heavy atom. The van der Waals surface area contributed by atoms with Crippen LogP contribution in [0.1, 0.15) is 0 Å². The third-order valence-corrected chi connectivity index (χ3v) is 4.60. The van der Waals surface area contributed by atoms with Crippen LogP contribution in [-0.2, 0) is 4.79 Å². The number of amides is 1. The fourth-order valence-electron chi connectivity index (χ4n) is 3.05. The molecule has 0 spiro atoms. The van der Waals surface area contributed by atoms with Crippen LogP contribution in [0.2, 0.25) is 0 Å². The summed E-state index contributed by atoms with van der Waals surface area (Å²) < 4.78 is 5.30. The minimum atomic E-state index is -0.556. The lowest BCUT2D eigenvalue weighted by atomic mass is 10.1. The summed E-state index contributed by atoms with van der Waals surface area (Å²) in [6.45, 7) is -0.353. The second-order valence-electron chi connectivity index (χ2n) is 6.92. The van der Waals surface area contributed by atoms with Gasteiger partial charge in [0.2, 0.25) is 0 Å². The number of para-hydroxylation sites is 2. The number of hydrogen-bond acceptors (Lipinski definition) is 7. The molecule has 0 aliphatic heterocycles. The van der Waals surface area contributed by atoms with Gasteiger partial charge in [0, 0.05) is 29.1 Å². The van der Waals surface area contributed by atoms with Gasteiger partial charge in [-0.15, -0.1) is 0 Å². The van der Waals surface area contributed by atoms with Crippen molar-refractivity contribution in [2.24, 2.45) is 0 Å². The van der Waals surface area contributed by atoms with E-state index in [-0.39, 0.29) is 18.0 Å². The monoisotopic (exact) mass is 441 g/mol. The molecule has 164 valence electrons. The number of nitro benzene ring substituents is 1. The number of carbonyl (C=O) groups is 1. The summed E-state index contributed by atoms with van der Waals surface area (Å²) >= 11 is 0. The first-order valence-corrected chi connectivity index (χ1v) is 9.99. The first-order valence-electron chi connectivity index (χ1n) is 9.99. The van der Waals surface area contributed by atoms with E-state index in [1.54, 1.807) is 30.3 Å². The van der Waals surface area contributed by atoms with Gasteiger partial charge in [-0.3, -0.25) is 14.9 Å². The van der Waals surface area contributed by atoms with Crippen molar-refractivity contribution in [2.45, 2.75) is 0 Å². The average Bonchev–Trinajstić information content (AvgIpc) is 2.85. The van der Waals surface area contributed by atoms with Crippen LogP contribution in [0.4, 0.5) is 22.9 Å². The Morgan fingerprint density at radius 2 is 1.61 bits per heavy atom. The predicted molar refractivity (Wildman–Crippen MR) is 124 cm³/mol. The molecular weight excluding hydrogens is 422 g/mol. The highest BCUT2D eigenvalue weighted by Gasteiger charge is 2.15. The van der Waals surface area contributed by atoms with E-state index in [2.05, 4.69) is 20.6 Å². The van der Waals surface area contributed by atoms with Crippen LogP contribution in [0.3, 0.4) is 0 Å². The van der Waals surface area contributed by atoms with Gasteiger partial charge >= 0.3 is 5.69 Å². The van der Waals surface area contributed by atoms with Crippen molar-refractivity contribution in [1.82, 2.24) is 9.97 Å². The maximum atomic E-state index is 12.2. The molecule has 0 unspecified atom stereocenters. The molecule has 0 radical (unpaired) electrons. The van der Waals surface area contributed by atoms with Crippen molar-refractivity contribution in [2.75, 3.05) is 17.2 Å². The van der Waals surface area contributed by atoms with Crippen molar-refractivity contribution >= 4 is 28.8 Å². The predicted octanol–water partition coefficient (Wildman–Crippen LogP) is 4.81. The van der Waals surface area contributed by atoms with Gasteiger partial charge in [-0.2, -0.15) is 0 Å². The fourth-order valence-corrected chi connectivity index (χ4v) is 3.05. The molecule has 33 heavy (non-hydrogen) atoms. The van der Waals surface area contributed by atoms with Crippen LogP contribution in [0.25, 0.3) is 11.3 Å². The van der Waals surface area contributed by atoms with Gasteiger partial charge in [0.1, 0.15) is 12.1 Å². The number of nitrogens with one attached hydrogen (secondary N) is 2. The fraction of sp³-hybridized carbons (Fsp3) is 0.0417. The summed E-state index contributed by atoms with van der Waals surface area (Å²) in [4.78, 5) is 31.2. The van der Waals surface area contributed by atoms with E-state index in [1.165, 1.54) is 24.5 Å². The summed E-state index contributed by atoms with van der Waals surface area (Å²) in [6, 6.07) is 24.6. The Morgan fingerprint density at radius 1 is 0.909 bits per heavy atom. The number of ether oxygens (including phenoxy) is 1. The van der Waals surface area contributed by atoms with Crippen LogP contribution >= 0.6 is 0 Å². The molecule has 1 amide bonds. The van der Waals surface area contributed by atoms with Crippen LogP contribution < -0.4 is 15.4 Å². The highest BCUT2D eigenvalue weighted by atomic mass is 16.6. The van der Waals surface area contributed by atoms with Crippen molar-refractivity contribution in [3.63, 3.8) is 0 Å². The van der Waals surface area contributed by atoms with Gasteiger partial charge in [0.15, 0.2) is 12.4 Å². The lowest BCUT2D eigenvalue weighted by Crippen LogP contribution is -2.20. The summed E-state index contributed by atoms with van der Waals surface area (Å²) in [6.07, 6.45) is 1.50. The zero-order valence-corrected chi connectivity index (χ0v) is 17.3. The molecule has 1 aromatic heterocycles. The van der Waals surface area contributed by atoms with Crippen molar-refractivity contribution in [1.29, 1.82) is 0 Å². The van der Waals surface area contributed by atoms with Crippen LogP contribution in [-0.4, -0.2) is 27.4 Å². The van der Waals surface area contributed by atoms with E-state index in [1.807, 2.05) is 36.4 Å². The lowest BCUT2D eigenvalue weighted by Gasteiger charge is -2.10. The molecule has 4 rings (SSSR count). The summed E-state index contributed by atoms with van der Waals surface area (Å²) in [5.74, 6) is 0.243. The molecule has 0 fully saturated rings. The summed E-state index contributed by atoms with van der Waals surface area (Å²) in [5, 5.41) is 16.9. The molecule has 2 N–H and O–H groups in total. The zero-order chi connectivity index (χ0) is 23.0. The van der Waals surface area contributed by atoms with E-state index >= 15 is 0 Å². The van der Waals surface area contributed by atoms with Gasteiger partial charge in [-0.25, -0.2) is 9.97 Å². The molecule has 0 saturated carbocycles. The highest BCUT2D eigenvalue weighted by molar-refractivity contribution is 5.92. The first kappa shape index (κ1) is 21.4. The number of nitrogens with zero attached hydrogens (tertiary/aromatic N) is 3. The third-order valence-electron chi connectivity index (χ3n) is 4.60. The quantitative estimate of drug-likeness (QED) is 0.297. The molecular formula is C24H19N5O4. The molecule has 4 aromatic rings. The molecule has 0 bridgehead atoms. The average molecular weight is 441 g/mol. The summed E-state index contributed by atoms with van der Waals surface area (Å²) in [5.41, 5.74) is 2.94. The van der Waals surface area contributed by atoms with Crippen LogP contribution in [0.15, 0.2) is 91.3 Å². The number of aromatic nitrogens is 2. The van der Waals surface area contributed by atoms with Crippen molar-refractivity contribution in [3.05, 3.63) is 101 Å². The molecule has 0 aliphatic rings. The maximum Gasteiger partial charge on any atom is 0.310 e. The molecule has 0 aliphatic carbocycles. The Hall–Kier alpha value is -4.79. The topological polar surface area (TPSA) is 119 Å². The van der Waals surface area contributed by atoms with Crippen molar-refractivity contribution in [3.8, 4) is 17.0 Å². The number of nitro groups is 1. The van der Waals surface area contributed by atoms with Gasteiger partial charge in [-0.05, 0) is 30.3 Å². The van der Waals surface area contributed by atoms with Gasteiger partial charge in [0.05, 0.1) is 10.6 Å². The Labute approximate surface area is 189 Å². The molecule has 0 saturated heterocycles. The van der Waals surface area contributed by atoms with Gasteiger partial charge in [-0.1, -0.05) is 42.5 Å². The Balaban J connectivity index is 1.34. The smallest absolute Gasteiger partial charge is 0.310 e. The Kier molecular flexibility index (Phi) is 6.51. The highest BCUT2D eigenvalue weighted by Crippen LogP contribution is 2.26. The number of anilines is 3.